The molecule has 1 aliphatic rings. The summed E-state index contributed by atoms with van der Waals surface area (Å²) in [6.07, 6.45) is 6.89. The molecule has 1 saturated carbocycles. The van der Waals surface area contributed by atoms with E-state index in [9.17, 15) is 4.79 Å². The average molecular weight is 235 g/mol. The van der Waals surface area contributed by atoms with Crippen LogP contribution in [0.15, 0.2) is 18.3 Å². The summed E-state index contributed by atoms with van der Waals surface area (Å²) in [6.45, 7) is 2.48. The van der Waals surface area contributed by atoms with Crippen molar-refractivity contribution in [2.45, 2.75) is 38.7 Å². The molecule has 0 amide bonds. The Labute approximate surface area is 103 Å². The fourth-order valence-electron chi connectivity index (χ4n) is 2.55. The zero-order valence-corrected chi connectivity index (χ0v) is 10.7. The summed E-state index contributed by atoms with van der Waals surface area (Å²) in [7, 11) is 1.88. The number of ether oxygens (including phenoxy) is 1. The lowest BCUT2D eigenvalue weighted by Gasteiger charge is -2.26. The minimum Gasteiger partial charge on any atom is -0.370 e. The van der Waals surface area contributed by atoms with Crippen molar-refractivity contribution in [2.24, 2.45) is 13.0 Å². The number of aromatic nitrogens is 1. The van der Waals surface area contributed by atoms with Crippen molar-refractivity contribution in [3.8, 4) is 0 Å². The Morgan fingerprint density at radius 2 is 2.35 bits per heavy atom. The van der Waals surface area contributed by atoms with Gasteiger partial charge in [0.05, 0.1) is 11.8 Å². The van der Waals surface area contributed by atoms with Crippen LogP contribution in [0.3, 0.4) is 0 Å². The Hall–Kier alpha value is -1.09. The lowest BCUT2D eigenvalue weighted by molar-refractivity contribution is 0.0179. The summed E-state index contributed by atoms with van der Waals surface area (Å²) in [5.41, 5.74) is 0.730. The highest BCUT2D eigenvalue weighted by Gasteiger charge is 2.20. The number of aryl methyl sites for hydroxylation is 1. The maximum atomic E-state index is 11.9. The van der Waals surface area contributed by atoms with Gasteiger partial charge in [-0.3, -0.25) is 4.79 Å². The fraction of sp³-hybridized carbons (Fsp3) is 0.643. The second-order valence-corrected chi connectivity index (χ2v) is 5.13. The van der Waals surface area contributed by atoms with Crippen LogP contribution in [0.25, 0.3) is 0 Å². The summed E-state index contributed by atoms with van der Waals surface area (Å²) in [4.78, 5) is 11.9. The molecule has 1 aromatic heterocycles. The van der Waals surface area contributed by atoms with Gasteiger partial charge in [-0.1, -0.05) is 19.8 Å². The first-order chi connectivity index (χ1) is 8.16. The van der Waals surface area contributed by atoms with Gasteiger partial charge in [-0.15, -0.1) is 0 Å². The van der Waals surface area contributed by atoms with Gasteiger partial charge in [0.2, 0.25) is 5.78 Å². The molecular weight excluding hydrogens is 214 g/mol. The third-order valence-corrected chi connectivity index (χ3v) is 3.57. The van der Waals surface area contributed by atoms with Crippen LogP contribution in [-0.2, 0) is 11.8 Å². The van der Waals surface area contributed by atoms with Gasteiger partial charge in [0.15, 0.2) is 0 Å². The van der Waals surface area contributed by atoms with Gasteiger partial charge in [-0.05, 0) is 30.9 Å². The van der Waals surface area contributed by atoms with Crippen molar-refractivity contribution in [2.75, 3.05) is 6.61 Å². The summed E-state index contributed by atoms with van der Waals surface area (Å²) in [6, 6.07) is 3.73. The van der Waals surface area contributed by atoms with E-state index in [0.29, 0.717) is 0 Å². The summed E-state index contributed by atoms with van der Waals surface area (Å²) >= 11 is 0. The molecule has 2 rings (SSSR count). The van der Waals surface area contributed by atoms with Crippen molar-refractivity contribution in [3.63, 3.8) is 0 Å². The van der Waals surface area contributed by atoms with E-state index in [4.69, 9.17) is 4.74 Å². The molecule has 0 aromatic carbocycles. The van der Waals surface area contributed by atoms with Crippen LogP contribution in [0.2, 0.25) is 0 Å². The number of carbonyl (C=O) groups excluding carboxylic acids is 1. The Bertz CT molecular complexity index is 383. The molecule has 0 bridgehead atoms. The van der Waals surface area contributed by atoms with Gasteiger partial charge in [-0.25, -0.2) is 0 Å². The Kier molecular flexibility index (Phi) is 4.00. The first-order valence-corrected chi connectivity index (χ1v) is 6.43. The molecule has 1 aliphatic carbocycles. The van der Waals surface area contributed by atoms with Crippen LogP contribution >= 0.6 is 0 Å². The van der Waals surface area contributed by atoms with Crippen molar-refractivity contribution in [3.05, 3.63) is 24.0 Å². The predicted octanol–water partition coefficient (Wildman–Crippen LogP) is 2.80. The van der Waals surface area contributed by atoms with Crippen LogP contribution in [0.1, 0.15) is 43.1 Å². The van der Waals surface area contributed by atoms with Crippen molar-refractivity contribution < 1.29 is 9.53 Å². The lowest BCUT2D eigenvalue weighted by Crippen LogP contribution is -2.24. The standard InChI is InChI=1S/C14H21NO2/c1-11-5-3-6-12(9-11)17-10-14(16)13-7-4-8-15(13)2/h4,7-8,11-12H,3,5-6,9-10H2,1-2H3. The Balaban J connectivity index is 1.82. The molecule has 2 atom stereocenters. The van der Waals surface area contributed by atoms with Gasteiger partial charge < -0.3 is 9.30 Å². The molecule has 3 heteroatoms. The van der Waals surface area contributed by atoms with Crippen LogP contribution < -0.4 is 0 Å². The highest BCUT2D eigenvalue weighted by molar-refractivity contribution is 5.95. The molecule has 1 fully saturated rings. The van der Waals surface area contributed by atoms with E-state index in [-0.39, 0.29) is 18.5 Å². The van der Waals surface area contributed by atoms with Gasteiger partial charge >= 0.3 is 0 Å². The third kappa shape index (κ3) is 3.19. The predicted molar refractivity (Wildman–Crippen MR) is 67.1 cm³/mol. The van der Waals surface area contributed by atoms with Crippen molar-refractivity contribution >= 4 is 5.78 Å². The molecule has 0 spiro atoms. The molecule has 0 radical (unpaired) electrons. The normalized spacial score (nSPS) is 24.8. The van der Waals surface area contributed by atoms with E-state index in [1.165, 1.54) is 12.8 Å². The number of hydrogen-bond donors (Lipinski definition) is 0. The summed E-state index contributed by atoms with van der Waals surface area (Å²) < 4.78 is 7.57. The van der Waals surface area contributed by atoms with E-state index >= 15 is 0 Å². The number of rotatable bonds is 4. The molecule has 2 unspecified atom stereocenters. The first-order valence-electron chi connectivity index (χ1n) is 6.43. The largest absolute Gasteiger partial charge is 0.370 e. The molecule has 3 nitrogen and oxygen atoms in total. The summed E-state index contributed by atoms with van der Waals surface area (Å²) in [5.74, 6) is 0.814. The van der Waals surface area contributed by atoms with E-state index in [2.05, 4.69) is 6.92 Å². The average Bonchev–Trinajstić information content (AvgIpc) is 2.72. The minimum absolute atomic E-state index is 0.0794. The van der Waals surface area contributed by atoms with Gasteiger partial charge in [0, 0.05) is 13.2 Å². The maximum absolute atomic E-state index is 11.9. The zero-order valence-electron chi connectivity index (χ0n) is 10.7. The highest BCUT2D eigenvalue weighted by atomic mass is 16.5. The number of hydrogen-bond acceptors (Lipinski definition) is 2. The number of nitrogens with zero attached hydrogens (tertiary/aromatic N) is 1. The zero-order chi connectivity index (χ0) is 12.3. The molecule has 0 saturated heterocycles. The molecule has 0 aliphatic heterocycles. The molecule has 0 N–H and O–H groups in total. The van der Waals surface area contributed by atoms with Crippen molar-refractivity contribution in [1.29, 1.82) is 0 Å². The van der Waals surface area contributed by atoms with E-state index in [1.807, 2.05) is 29.9 Å². The number of carbonyl (C=O) groups is 1. The molecule has 17 heavy (non-hydrogen) atoms. The quantitative estimate of drug-likeness (QED) is 0.751. The van der Waals surface area contributed by atoms with Crippen LogP contribution in [0.5, 0.6) is 0 Å². The van der Waals surface area contributed by atoms with Gasteiger partial charge in [0.25, 0.3) is 0 Å². The summed E-state index contributed by atoms with van der Waals surface area (Å²) in [5, 5.41) is 0. The number of Topliss-reactive ketones (excluding diaryl/α,β-unsaturated/α-hetero) is 1. The topological polar surface area (TPSA) is 31.2 Å². The van der Waals surface area contributed by atoms with Crippen LogP contribution in [-0.4, -0.2) is 23.1 Å². The fourth-order valence-corrected chi connectivity index (χ4v) is 2.55. The van der Waals surface area contributed by atoms with Gasteiger partial charge in [-0.2, -0.15) is 0 Å². The molecular formula is C14H21NO2. The SMILES string of the molecule is CC1CCCC(OCC(=O)c2cccn2C)C1. The second-order valence-electron chi connectivity index (χ2n) is 5.13. The first kappa shape index (κ1) is 12.4. The molecule has 1 heterocycles. The van der Waals surface area contributed by atoms with E-state index in [1.54, 1.807) is 0 Å². The van der Waals surface area contributed by atoms with Crippen LogP contribution in [0.4, 0.5) is 0 Å². The van der Waals surface area contributed by atoms with E-state index in [0.717, 1.165) is 24.5 Å². The smallest absolute Gasteiger partial charge is 0.204 e. The monoisotopic (exact) mass is 235 g/mol. The van der Waals surface area contributed by atoms with E-state index < -0.39 is 0 Å². The lowest BCUT2D eigenvalue weighted by atomic mass is 9.89. The molecule has 1 aromatic rings. The highest BCUT2D eigenvalue weighted by Crippen LogP contribution is 2.25. The minimum atomic E-state index is 0.0794. The van der Waals surface area contributed by atoms with Crippen molar-refractivity contribution in [1.82, 2.24) is 4.57 Å². The molecule has 94 valence electrons. The second kappa shape index (κ2) is 5.50. The Morgan fingerprint density at radius 3 is 3.00 bits per heavy atom. The maximum Gasteiger partial charge on any atom is 0.204 e. The van der Waals surface area contributed by atoms with Crippen LogP contribution in [0, 0.1) is 5.92 Å². The third-order valence-electron chi connectivity index (χ3n) is 3.57. The Morgan fingerprint density at radius 1 is 1.53 bits per heavy atom. The van der Waals surface area contributed by atoms with Gasteiger partial charge in [0.1, 0.15) is 6.61 Å². The number of ketones is 1.